The van der Waals surface area contributed by atoms with E-state index in [1.54, 1.807) is 25.4 Å². The molecule has 4 aromatic rings. The monoisotopic (exact) mass is 547 g/mol. The molecule has 0 spiro atoms. The molecule has 208 valence electrons. The Labute approximate surface area is 240 Å². The minimum Gasteiger partial charge on any atom is -0.497 e. The second-order valence-electron chi connectivity index (χ2n) is 11.1. The van der Waals surface area contributed by atoms with Gasteiger partial charge in [-0.2, -0.15) is 0 Å². The maximum Gasteiger partial charge on any atom is 0.338 e. The fourth-order valence-corrected chi connectivity index (χ4v) is 6.82. The molecule has 7 rings (SSSR count). The number of quaternary nitrogens is 1. The predicted octanol–water partition coefficient (Wildman–Crippen LogP) is 7.11. The first-order valence-electron chi connectivity index (χ1n) is 14.2. The van der Waals surface area contributed by atoms with Crippen LogP contribution in [0.25, 0.3) is 17.0 Å². The average Bonchev–Trinajstić information content (AvgIpc) is 3.04. The van der Waals surface area contributed by atoms with Crippen molar-refractivity contribution in [2.24, 2.45) is 11.8 Å². The molecule has 41 heavy (non-hydrogen) atoms. The summed E-state index contributed by atoms with van der Waals surface area (Å²) in [5.41, 5.74) is 3.07. The topological polar surface area (TPSA) is 68.7 Å². The number of benzene rings is 3. The van der Waals surface area contributed by atoms with Crippen molar-refractivity contribution >= 4 is 22.9 Å². The van der Waals surface area contributed by atoms with Crippen LogP contribution in [-0.4, -0.2) is 46.8 Å². The predicted molar refractivity (Wildman–Crippen MR) is 160 cm³/mol. The molecule has 3 aliphatic heterocycles. The van der Waals surface area contributed by atoms with Gasteiger partial charge in [-0.3, -0.25) is 9.47 Å². The van der Waals surface area contributed by atoms with Crippen molar-refractivity contribution in [2.45, 2.75) is 25.0 Å². The van der Waals surface area contributed by atoms with Crippen molar-refractivity contribution in [3.8, 4) is 5.75 Å². The van der Waals surface area contributed by atoms with E-state index in [1.165, 1.54) is 0 Å². The lowest BCUT2D eigenvalue weighted by molar-refractivity contribution is -0.951. The maximum atomic E-state index is 13.7. The Balaban J connectivity index is 1.52. The van der Waals surface area contributed by atoms with Crippen molar-refractivity contribution in [3.05, 3.63) is 126 Å². The van der Waals surface area contributed by atoms with Crippen LogP contribution >= 0.6 is 0 Å². The highest BCUT2D eigenvalue weighted by Gasteiger charge is 2.58. The van der Waals surface area contributed by atoms with E-state index >= 15 is 0 Å². The van der Waals surface area contributed by atoms with E-state index in [1.807, 2.05) is 84.9 Å². The zero-order chi connectivity index (χ0) is 28.4. The molecule has 1 aromatic heterocycles. The van der Waals surface area contributed by atoms with E-state index in [2.05, 4.69) is 11.6 Å². The van der Waals surface area contributed by atoms with Crippen LogP contribution < -0.4 is 4.74 Å². The Morgan fingerprint density at radius 3 is 2.56 bits per heavy atom. The van der Waals surface area contributed by atoms with Gasteiger partial charge in [0, 0.05) is 42.0 Å². The number of aliphatic hydroxyl groups excluding tert-OH is 1. The lowest BCUT2D eigenvalue weighted by Crippen LogP contribution is -2.67. The molecular formula is C35H35N2O4+. The first-order valence-corrected chi connectivity index (χ1v) is 14.2. The van der Waals surface area contributed by atoms with E-state index < -0.39 is 12.1 Å². The number of ether oxygens (including phenoxy) is 2. The molecule has 3 saturated heterocycles. The smallest absolute Gasteiger partial charge is 0.338 e. The number of aromatic nitrogens is 1. The van der Waals surface area contributed by atoms with E-state index in [0.29, 0.717) is 28.3 Å². The molecule has 3 unspecified atom stereocenters. The Morgan fingerprint density at radius 1 is 1.07 bits per heavy atom. The van der Waals surface area contributed by atoms with Crippen molar-refractivity contribution in [2.75, 3.05) is 20.2 Å². The Morgan fingerprint density at radius 2 is 1.83 bits per heavy atom. The van der Waals surface area contributed by atoms with Crippen LogP contribution in [0.1, 0.15) is 40.4 Å². The molecule has 4 heterocycles. The van der Waals surface area contributed by atoms with Gasteiger partial charge < -0.3 is 14.6 Å². The summed E-state index contributed by atoms with van der Waals surface area (Å²) in [6, 6.07) is 26.4. The van der Waals surface area contributed by atoms with Gasteiger partial charge in [-0.1, -0.05) is 54.6 Å². The summed E-state index contributed by atoms with van der Waals surface area (Å²) in [7, 11) is 1.64. The highest BCUT2D eigenvalue weighted by molar-refractivity contribution is 5.90. The fraction of sp³-hybridized carbons (Fsp3) is 0.257. The fourth-order valence-electron chi connectivity index (χ4n) is 6.82. The van der Waals surface area contributed by atoms with Crippen LogP contribution in [0.3, 0.4) is 0 Å². The molecule has 0 amide bonds. The van der Waals surface area contributed by atoms with E-state index in [4.69, 9.17) is 9.47 Å². The van der Waals surface area contributed by atoms with E-state index in [9.17, 15) is 9.90 Å². The summed E-state index contributed by atoms with van der Waals surface area (Å²) >= 11 is 0. The summed E-state index contributed by atoms with van der Waals surface area (Å²) in [5.74, 6) is 1.24. The molecule has 5 atom stereocenters. The third kappa shape index (κ3) is 5.00. The van der Waals surface area contributed by atoms with Gasteiger partial charge in [0.1, 0.15) is 11.8 Å². The van der Waals surface area contributed by atoms with Crippen LogP contribution in [0, 0.1) is 11.8 Å². The number of pyridine rings is 1. The van der Waals surface area contributed by atoms with Crippen molar-refractivity contribution < 1.29 is 23.9 Å². The Bertz CT molecular complexity index is 1590. The first kappa shape index (κ1) is 26.8. The number of hydrogen-bond acceptors (Lipinski definition) is 5. The summed E-state index contributed by atoms with van der Waals surface area (Å²) in [6.07, 6.45) is 6.76. The van der Waals surface area contributed by atoms with E-state index in [0.717, 1.165) is 41.4 Å². The van der Waals surface area contributed by atoms with Gasteiger partial charge in [0.15, 0.2) is 6.10 Å². The summed E-state index contributed by atoms with van der Waals surface area (Å²) in [4.78, 5) is 18.2. The highest BCUT2D eigenvalue weighted by atomic mass is 16.5. The number of aliphatic hydroxyl groups is 1. The zero-order valence-corrected chi connectivity index (χ0v) is 23.2. The van der Waals surface area contributed by atoms with Gasteiger partial charge in [0.05, 0.1) is 31.3 Å². The standard InChI is InChI=1S/C35H34N2O4/c1-3-25-23-37(33(38)20-24-10-6-4-7-11-24)19-17-27(25)21-32(37)34(41-35(39)26-12-8-5-9-13-26)29-16-18-36-31-15-14-28(40-2)22-30(29)31/h3-16,18,20,22,25,27,32,34H,1,17,19,21,23H2,2H3/p+1/b33-20-/t25?,27?,32-,34-,37?/m0/s1. The van der Waals surface area contributed by atoms with Crippen LogP contribution in [0.15, 0.2) is 110 Å². The number of carbonyl (C=O) groups excluding carboxylic acids is 1. The van der Waals surface area contributed by atoms with E-state index in [-0.39, 0.29) is 17.8 Å². The highest BCUT2D eigenvalue weighted by Crippen LogP contribution is 2.50. The Hall–Kier alpha value is -4.42. The molecular weight excluding hydrogens is 512 g/mol. The normalized spacial score (nSPS) is 24.5. The zero-order valence-electron chi connectivity index (χ0n) is 23.2. The molecule has 2 bridgehead atoms. The van der Waals surface area contributed by atoms with Crippen LogP contribution in [-0.2, 0) is 4.74 Å². The van der Waals surface area contributed by atoms with Crippen molar-refractivity contribution in [3.63, 3.8) is 0 Å². The molecule has 6 nitrogen and oxygen atoms in total. The minimum absolute atomic E-state index is 0.214. The molecule has 0 saturated carbocycles. The van der Waals surface area contributed by atoms with Gasteiger partial charge in [-0.05, 0) is 47.9 Å². The average molecular weight is 548 g/mol. The molecule has 6 heteroatoms. The maximum absolute atomic E-state index is 13.7. The van der Waals surface area contributed by atoms with Crippen molar-refractivity contribution in [1.82, 2.24) is 4.98 Å². The summed E-state index contributed by atoms with van der Waals surface area (Å²) < 4.78 is 12.4. The minimum atomic E-state index is -0.639. The van der Waals surface area contributed by atoms with Gasteiger partial charge in [0.2, 0.25) is 0 Å². The second-order valence-corrected chi connectivity index (χ2v) is 11.1. The van der Waals surface area contributed by atoms with Crippen LogP contribution in [0.4, 0.5) is 0 Å². The first-order chi connectivity index (χ1) is 20.0. The van der Waals surface area contributed by atoms with Crippen LogP contribution in [0.5, 0.6) is 5.75 Å². The number of carbonyl (C=O) groups is 1. The second kappa shape index (κ2) is 11.2. The molecule has 3 fully saturated rings. The molecule has 3 aromatic carbocycles. The number of hydrogen-bond donors (Lipinski definition) is 1. The lowest BCUT2D eigenvalue weighted by Gasteiger charge is -2.56. The van der Waals surface area contributed by atoms with Gasteiger partial charge in [-0.25, -0.2) is 4.79 Å². The number of methoxy groups -OCH3 is 1. The number of fused-ring (bicyclic) bond motifs is 4. The van der Waals surface area contributed by atoms with Gasteiger partial charge >= 0.3 is 5.97 Å². The van der Waals surface area contributed by atoms with Gasteiger partial charge in [0.25, 0.3) is 5.88 Å². The van der Waals surface area contributed by atoms with Gasteiger partial charge in [-0.15, -0.1) is 6.58 Å². The lowest BCUT2D eigenvalue weighted by atomic mass is 9.71. The van der Waals surface area contributed by atoms with Crippen LogP contribution in [0.2, 0.25) is 0 Å². The third-order valence-electron chi connectivity index (χ3n) is 8.96. The largest absolute Gasteiger partial charge is 0.497 e. The molecule has 3 aliphatic rings. The number of rotatable bonds is 8. The van der Waals surface area contributed by atoms with Crippen molar-refractivity contribution in [1.29, 1.82) is 0 Å². The molecule has 1 N–H and O–H groups in total. The summed E-state index contributed by atoms with van der Waals surface area (Å²) in [5, 5.41) is 12.8. The number of nitrogens with zero attached hydrogens (tertiary/aromatic N) is 2. The quantitative estimate of drug-likeness (QED) is 0.110. The summed E-state index contributed by atoms with van der Waals surface area (Å²) in [6.45, 7) is 5.58. The molecule has 0 radical (unpaired) electrons. The number of piperidine rings is 3. The molecule has 0 aliphatic carbocycles. The SMILES string of the molecule is C=CC1C[N+]2(/C(O)=C/c3ccccc3)CCC1C[C@H]2[C@@H](OC(=O)c1ccccc1)c1ccnc2ccc(OC)cc12. The number of esters is 1. The third-order valence-corrected chi connectivity index (χ3v) is 8.96. The Kier molecular flexibility index (Phi) is 7.33.